The van der Waals surface area contributed by atoms with E-state index in [9.17, 15) is 0 Å². The summed E-state index contributed by atoms with van der Waals surface area (Å²) >= 11 is 0. The third-order valence-corrected chi connectivity index (χ3v) is 4.69. The SMILES string of the molecule is CCN(CC)CCCNC1CC2CCC1C2. The van der Waals surface area contributed by atoms with E-state index >= 15 is 0 Å². The Bertz CT molecular complexity index is 201. The second kappa shape index (κ2) is 6.02. The molecule has 3 unspecified atom stereocenters. The van der Waals surface area contributed by atoms with Crippen LogP contribution in [0.15, 0.2) is 0 Å². The highest BCUT2D eigenvalue weighted by atomic mass is 15.1. The van der Waals surface area contributed by atoms with Crippen molar-refractivity contribution in [3.05, 3.63) is 0 Å². The van der Waals surface area contributed by atoms with Crippen LogP contribution in [0.1, 0.15) is 46.0 Å². The molecule has 94 valence electrons. The van der Waals surface area contributed by atoms with Gasteiger partial charge in [-0.05, 0) is 63.7 Å². The minimum atomic E-state index is 0.871. The molecule has 2 aliphatic carbocycles. The van der Waals surface area contributed by atoms with Gasteiger partial charge in [0.15, 0.2) is 0 Å². The lowest BCUT2D eigenvalue weighted by Gasteiger charge is -2.24. The first kappa shape index (κ1) is 12.4. The summed E-state index contributed by atoms with van der Waals surface area (Å²) in [5.41, 5.74) is 0. The number of hydrogen-bond acceptors (Lipinski definition) is 2. The highest BCUT2D eigenvalue weighted by Gasteiger charge is 2.38. The summed E-state index contributed by atoms with van der Waals surface area (Å²) in [6.07, 6.45) is 7.32. The van der Waals surface area contributed by atoms with Gasteiger partial charge in [-0.2, -0.15) is 0 Å². The van der Waals surface area contributed by atoms with Gasteiger partial charge >= 0.3 is 0 Å². The van der Waals surface area contributed by atoms with Crippen LogP contribution in [0.25, 0.3) is 0 Å². The van der Waals surface area contributed by atoms with Gasteiger partial charge in [0, 0.05) is 6.04 Å². The fourth-order valence-electron chi connectivity index (χ4n) is 3.62. The van der Waals surface area contributed by atoms with E-state index in [2.05, 4.69) is 24.1 Å². The van der Waals surface area contributed by atoms with Gasteiger partial charge in [0.05, 0.1) is 0 Å². The molecule has 16 heavy (non-hydrogen) atoms. The number of fused-ring (bicyclic) bond motifs is 2. The molecule has 0 aliphatic heterocycles. The molecule has 2 fully saturated rings. The normalized spacial score (nSPS) is 32.8. The third-order valence-electron chi connectivity index (χ3n) is 4.69. The van der Waals surface area contributed by atoms with Crippen molar-refractivity contribution in [1.29, 1.82) is 0 Å². The fraction of sp³-hybridized carbons (Fsp3) is 1.00. The molecule has 2 saturated carbocycles. The first-order valence-electron chi connectivity index (χ1n) is 7.29. The van der Waals surface area contributed by atoms with Gasteiger partial charge in [-0.3, -0.25) is 0 Å². The highest BCUT2D eigenvalue weighted by Crippen LogP contribution is 2.44. The predicted molar refractivity (Wildman–Crippen MR) is 69.6 cm³/mol. The zero-order valence-corrected chi connectivity index (χ0v) is 11.0. The average molecular weight is 224 g/mol. The Balaban J connectivity index is 1.55. The highest BCUT2D eigenvalue weighted by molar-refractivity contribution is 4.93. The van der Waals surface area contributed by atoms with Crippen molar-refractivity contribution in [3.8, 4) is 0 Å². The van der Waals surface area contributed by atoms with Gasteiger partial charge in [-0.1, -0.05) is 20.3 Å². The molecule has 0 spiro atoms. The largest absolute Gasteiger partial charge is 0.314 e. The van der Waals surface area contributed by atoms with Crippen molar-refractivity contribution in [2.24, 2.45) is 11.8 Å². The first-order chi connectivity index (χ1) is 7.83. The van der Waals surface area contributed by atoms with Crippen LogP contribution in [0.5, 0.6) is 0 Å². The van der Waals surface area contributed by atoms with Gasteiger partial charge in [0.25, 0.3) is 0 Å². The van der Waals surface area contributed by atoms with Gasteiger partial charge in [-0.25, -0.2) is 0 Å². The van der Waals surface area contributed by atoms with E-state index in [-0.39, 0.29) is 0 Å². The van der Waals surface area contributed by atoms with E-state index in [4.69, 9.17) is 0 Å². The van der Waals surface area contributed by atoms with Crippen molar-refractivity contribution < 1.29 is 0 Å². The zero-order chi connectivity index (χ0) is 11.4. The van der Waals surface area contributed by atoms with Gasteiger partial charge in [0.1, 0.15) is 0 Å². The maximum Gasteiger partial charge on any atom is 0.00980 e. The molecule has 2 bridgehead atoms. The average Bonchev–Trinajstić information content (AvgIpc) is 2.91. The maximum atomic E-state index is 3.79. The van der Waals surface area contributed by atoms with Crippen molar-refractivity contribution in [2.75, 3.05) is 26.2 Å². The predicted octanol–water partition coefficient (Wildman–Crippen LogP) is 2.50. The second-order valence-electron chi connectivity index (χ2n) is 5.62. The Morgan fingerprint density at radius 1 is 1.12 bits per heavy atom. The lowest BCUT2D eigenvalue weighted by Crippen LogP contribution is -2.36. The van der Waals surface area contributed by atoms with Crippen molar-refractivity contribution in [3.63, 3.8) is 0 Å². The van der Waals surface area contributed by atoms with Crippen LogP contribution < -0.4 is 5.32 Å². The van der Waals surface area contributed by atoms with E-state index in [1.165, 1.54) is 58.3 Å². The van der Waals surface area contributed by atoms with E-state index in [0.29, 0.717) is 0 Å². The number of nitrogens with one attached hydrogen (secondary N) is 1. The molecule has 2 rings (SSSR count). The Labute approximate surface area is 101 Å². The van der Waals surface area contributed by atoms with E-state index in [0.717, 1.165) is 17.9 Å². The Morgan fingerprint density at radius 3 is 2.50 bits per heavy atom. The van der Waals surface area contributed by atoms with Crippen LogP contribution in [0, 0.1) is 11.8 Å². The molecule has 0 heterocycles. The summed E-state index contributed by atoms with van der Waals surface area (Å²) in [5.74, 6) is 2.10. The van der Waals surface area contributed by atoms with E-state index in [1.54, 1.807) is 0 Å². The molecule has 2 nitrogen and oxygen atoms in total. The summed E-state index contributed by atoms with van der Waals surface area (Å²) in [7, 11) is 0. The minimum Gasteiger partial charge on any atom is -0.314 e. The van der Waals surface area contributed by atoms with Crippen LogP contribution in [0.3, 0.4) is 0 Å². The molecule has 0 amide bonds. The lowest BCUT2D eigenvalue weighted by molar-refractivity contribution is 0.287. The van der Waals surface area contributed by atoms with Crippen LogP contribution in [0.4, 0.5) is 0 Å². The van der Waals surface area contributed by atoms with Crippen molar-refractivity contribution >= 4 is 0 Å². The zero-order valence-electron chi connectivity index (χ0n) is 11.0. The molecule has 0 saturated heterocycles. The molecule has 3 atom stereocenters. The molecule has 0 aromatic carbocycles. The van der Waals surface area contributed by atoms with E-state index in [1.807, 2.05) is 0 Å². The van der Waals surface area contributed by atoms with Crippen molar-refractivity contribution in [1.82, 2.24) is 10.2 Å². The molecule has 1 N–H and O–H groups in total. The molecule has 2 aliphatic rings. The monoisotopic (exact) mass is 224 g/mol. The van der Waals surface area contributed by atoms with Crippen molar-refractivity contribution in [2.45, 2.75) is 52.0 Å². The van der Waals surface area contributed by atoms with Gasteiger partial charge in [-0.15, -0.1) is 0 Å². The second-order valence-corrected chi connectivity index (χ2v) is 5.62. The molecular weight excluding hydrogens is 196 g/mol. The molecule has 0 aromatic heterocycles. The summed E-state index contributed by atoms with van der Waals surface area (Å²) in [5, 5.41) is 3.79. The summed E-state index contributed by atoms with van der Waals surface area (Å²) in [4.78, 5) is 2.52. The van der Waals surface area contributed by atoms with Crippen LogP contribution in [0.2, 0.25) is 0 Å². The topological polar surface area (TPSA) is 15.3 Å². The molecular formula is C14H28N2. The Hall–Kier alpha value is -0.0800. The van der Waals surface area contributed by atoms with Crippen LogP contribution in [-0.2, 0) is 0 Å². The third kappa shape index (κ3) is 2.98. The molecule has 0 aromatic rings. The molecule has 2 heteroatoms. The molecule has 0 radical (unpaired) electrons. The Kier molecular flexibility index (Phi) is 4.66. The number of nitrogens with zero attached hydrogens (tertiary/aromatic N) is 1. The maximum absolute atomic E-state index is 3.79. The van der Waals surface area contributed by atoms with E-state index < -0.39 is 0 Å². The lowest BCUT2D eigenvalue weighted by atomic mass is 9.95. The first-order valence-corrected chi connectivity index (χ1v) is 7.29. The summed E-state index contributed by atoms with van der Waals surface area (Å²) in [6.45, 7) is 9.40. The Morgan fingerprint density at radius 2 is 1.94 bits per heavy atom. The smallest absolute Gasteiger partial charge is 0.00980 e. The van der Waals surface area contributed by atoms with Gasteiger partial charge < -0.3 is 10.2 Å². The summed E-state index contributed by atoms with van der Waals surface area (Å²) < 4.78 is 0. The van der Waals surface area contributed by atoms with Crippen LogP contribution in [-0.4, -0.2) is 37.1 Å². The fourth-order valence-corrected chi connectivity index (χ4v) is 3.62. The number of rotatable bonds is 7. The quantitative estimate of drug-likeness (QED) is 0.668. The summed E-state index contributed by atoms with van der Waals surface area (Å²) in [6, 6.07) is 0.871. The minimum absolute atomic E-state index is 0.871. The number of hydrogen-bond donors (Lipinski definition) is 1. The van der Waals surface area contributed by atoms with Gasteiger partial charge in [0.2, 0.25) is 0 Å². The van der Waals surface area contributed by atoms with Crippen LogP contribution >= 0.6 is 0 Å². The standard InChI is InChI=1S/C14H28N2/c1-3-16(4-2)9-5-8-15-14-11-12-6-7-13(14)10-12/h12-15H,3-11H2,1-2H3.